The third-order valence-electron chi connectivity index (χ3n) is 4.64. The minimum atomic E-state index is -0.190. The molecule has 4 nitrogen and oxygen atoms in total. The highest BCUT2D eigenvalue weighted by Crippen LogP contribution is 2.25. The monoisotopic (exact) mass is 285 g/mol. The zero-order valence-corrected chi connectivity index (χ0v) is 12.8. The molecule has 0 aliphatic carbocycles. The second-order valence-electron chi connectivity index (χ2n) is 5.91. The van der Waals surface area contributed by atoms with Gasteiger partial charge < -0.3 is 9.47 Å². The summed E-state index contributed by atoms with van der Waals surface area (Å²) in [5.74, 6) is 0.227. The van der Waals surface area contributed by atoms with Gasteiger partial charge in [-0.05, 0) is 44.7 Å². The van der Waals surface area contributed by atoms with Gasteiger partial charge in [-0.15, -0.1) is 0 Å². The number of benzene rings is 1. The number of fused-ring (bicyclic) bond motifs is 1. The average molecular weight is 285 g/mol. The van der Waals surface area contributed by atoms with E-state index in [1.54, 1.807) is 6.33 Å². The number of rotatable bonds is 3. The number of hydrogen-bond acceptors (Lipinski definition) is 2. The number of aromatic nitrogens is 2. The number of likely N-dealkylation sites (tertiary alicyclic amines) is 1. The molecule has 2 heterocycles. The zero-order chi connectivity index (χ0) is 14.8. The summed E-state index contributed by atoms with van der Waals surface area (Å²) < 4.78 is 2.00. The largest absolute Gasteiger partial charge is 0.338 e. The maximum absolute atomic E-state index is 12.9. The molecule has 112 valence electrons. The highest BCUT2D eigenvalue weighted by atomic mass is 16.2. The summed E-state index contributed by atoms with van der Waals surface area (Å²) >= 11 is 0. The standard InChI is InChI=1S/C17H23N3O/c1-3-14-8-6-7-11-19(14)17(21)13(2)20-12-18-15-9-4-5-10-16(15)20/h4-5,9-10,12-14H,3,6-8,11H2,1-2H3. The summed E-state index contributed by atoms with van der Waals surface area (Å²) in [6.07, 6.45) is 6.34. The second kappa shape index (κ2) is 5.88. The minimum absolute atomic E-state index is 0.190. The fraction of sp³-hybridized carbons (Fsp3) is 0.529. The van der Waals surface area contributed by atoms with Gasteiger partial charge in [0.15, 0.2) is 0 Å². The van der Waals surface area contributed by atoms with Gasteiger partial charge in [-0.2, -0.15) is 0 Å². The van der Waals surface area contributed by atoms with Crippen molar-refractivity contribution in [3.8, 4) is 0 Å². The third-order valence-corrected chi connectivity index (χ3v) is 4.64. The van der Waals surface area contributed by atoms with Crippen LogP contribution < -0.4 is 0 Å². The van der Waals surface area contributed by atoms with E-state index in [0.29, 0.717) is 6.04 Å². The van der Waals surface area contributed by atoms with Gasteiger partial charge in [0, 0.05) is 12.6 Å². The summed E-state index contributed by atoms with van der Waals surface area (Å²) in [5, 5.41) is 0. The van der Waals surface area contributed by atoms with Crippen LogP contribution in [0.5, 0.6) is 0 Å². The van der Waals surface area contributed by atoms with E-state index in [9.17, 15) is 4.79 Å². The van der Waals surface area contributed by atoms with Crippen LogP contribution in [0.3, 0.4) is 0 Å². The van der Waals surface area contributed by atoms with Crippen molar-refractivity contribution in [1.82, 2.24) is 14.5 Å². The van der Waals surface area contributed by atoms with Crippen molar-refractivity contribution in [2.75, 3.05) is 6.54 Å². The first kappa shape index (κ1) is 14.1. The van der Waals surface area contributed by atoms with E-state index in [1.165, 1.54) is 6.42 Å². The summed E-state index contributed by atoms with van der Waals surface area (Å²) in [6.45, 7) is 5.06. The molecule has 1 saturated heterocycles. The Labute approximate surface area is 125 Å². The Balaban J connectivity index is 1.87. The first-order valence-corrected chi connectivity index (χ1v) is 7.94. The second-order valence-corrected chi connectivity index (χ2v) is 5.91. The molecule has 2 unspecified atom stereocenters. The molecule has 4 heteroatoms. The molecule has 2 aromatic rings. The molecule has 21 heavy (non-hydrogen) atoms. The highest BCUT2D eigenvalue weighted by molar-refractivity contribution is 5.84. The van der Waals surface area contributed by atoms with Crippen molar-refractivity contribution in [2.24, 2.45) is 0 Å². The SMILES string of the molecule is CCC1CCCCN1C(=O)C(C)n1cnc2ccccc21. The molecule has 1 fully saturated rings. The molecule has 0 N–H and O–H groups in total. The van der Waals surface area contributed by atoms with Crippen LogP contribution in [-0.4, -0.2) is 32.9 Å². The normalized spacial score (nSPS) is 20.7. The Morgan fingerprint density at radius 1 is 1.38 bits per heavy atom. The summed E-state index contributed by atoms with van der Waals surface area (Å²) in [7, 11) is 0. The van der Waals surface area contributed by atoms with Crippen molar-refractivity contribution < 1.29 is 4.79 Å². The lowest BCUT2D eigenvalue weighted by Gasteiger charge is -2.37. The number of amides is 1. The van der Waals surface area contributed by atoms with Gasteiger partial charge in [0.25, 0.3) is 0 Å². The molecular weight excluding hydrogens is 262 g/mol. The van der Waals surface area contributed by atoms with Crippen LogP contribution in [0.25, 0.3) is 11.0 Å². The van der Waals surface area contributed by atoms with Crippen LogP contribution in [0, 0.1) is 0 Å². The minimum Gasteiger partial charge on any atom is -0.338 e. The summed E-state index contributed by atoms with van der Waals surface area (Å²) in [5.41, 5.74) is 1.98. The first-order valence-electron chi connectivity index (χ1n) is 7.94. The van der Waals surface area contributed by atoms with Crippen LogP contribution in [-0.2, 0) is 4.79 Å². The van der Waals surface area contributed by atoms with E-state index in [4.69, 9.17) is 0 Å². The number of hydrogen-bond donors (Lipinski definition) is 0. The van der Waals surface area contributed by atoms with Crippen LogP contribution in [0.1, 0.15) is 45.6 Å². The van der Waals surface area contributed by atoms with Crippen molar-refractivity contribution in [3.05, 3.63) is 30.6 Å². The smallest absolute Gasteiger partial charge is 0.245 e. The lowest BCUT2D eigenvalue weighted by Crippen LogP contribution is -2.46. The molecular formula is C17H23N3O. The summed E-state index contributed by atoms with van der Waals surface area (Å²) in [6, 6.07) is 8.20. The number of carbonyl (C=O) groups is 1. The van der Waals surface area contributed by atoms with Gasteiger partial charge >= 0.3 is 0 Å². The van der Waals surface area contributed by atoms with Gasteiger partial charge in [0.05, 0.1) is 17.4 Å². The van der Waals surface area contributed by atoms with Crippen molar-refractivity contribution in [2.45, 2.75) is 51.6 Å². The molecule has 1 aliphatic rings. The quantitative estimate of drug-likeness (QED) is 0.867. The maximum Gasteiger partial charge on any atom is 0.245 e. The van der Waals surface area contributed by atoms with Crippen molar-refractivity contribution >= 4 is 16.9 Å². The van der Waals surface area contributed by atoms with Crippen LogP contribution in [0.2, 0.25) is 0 Å². The van der Waals surface area contributed by atoms with Crippen molar-refractivity contribution in [3.63, 3.8) is 0 Å². The van der Waals surface area contributed by atoms with E-state index < -0.39 is 0 Å². The Morgan fingerprint density at radius 3 is 3.00 bits per heavy atom. The molecule has 0 saturated carbocycles. The molecule has 3 rings (SSSR count). The van der Waals surface area contributed by atoms with Gasteiger partial charge in [-0.25, -0.2) is 4.98 Å². The Bertz CT molecular complexity index is 634. The number of para-hydroxylation sites is 2. The molecule has 0 bridgehead atoms. The number of nitrogens with zero attached hydrogens (tertiary/aromatic N) is 3. The van der Waals surface area contributed by atoms with E-state index >= 15 is 0 Å². The Kier molecular flexibility index (Phi) is 3.95. The fourth-order valence-corrected chi connectivity index (χ4v) is 3.36. The molecule has 1 aliphatic heterocycles. The lowest BCUT2D eigenvalue weighted by atomic mass is 9.99. The summed E-state index contributed by atoms with van der Waals surface area (Å²) in [4.78, 5) is 19.4. The molecule has 0 radical (unpaired) electrons. The molecule has 0 spiro atoms. The Morgan fingerprint density at radius 2 is 2.19 bits per heavy atom. The topological polar surface area (TPSA) is 38.1 Å². The highest BCUT2D eigenvalue weighted by Gasteiger charge is 2.29. The molecule has 2 atom stereocenters. The average Bonchev–Trinajstić information content (AvgIpc) is 2.97. The molecule has 1 aromatic carbocycles. The van der Waals surface area contributed by atoms with Crippen LogP contribution in [0.15, 0.2) is 30.6 Å². The van der Waals surface area contributed by atoms with Gasteiger partial charge in [-0.3, -0.25) is 4.79 Å². The Hall–Kier alpha value is -1.84. The maximum atomic E-state index is 12.9. The van der Waals surface area contributed by atoms with Gasteiger partial charge in [0.1, 0.15) is 6.04 Å². The van der Waals surface area contributed by atoms with Crippen molar-refractivity contribution in [1.29, 1.82) is 0 Å². The lowest BCUT2D eigenvalue weighted by molar-refractivity contribution is -0.138. The molecule has 1 amide bonds. The van der Waals surface area contributed by atoms with Crippen LogP contribution in [0.4, 0.5) is 0 Å². The first-order chi connectivity index (χ1) is 10.2. The van der Waals surface area contributed by atoms with E-state index in [2.05, 4.69) is 16.8 Å². The van der Waals surface area contributed by atoms with E-state index in [-0.39, 0.29) is 11.9 Å². The number of imidazole rings is 1. The zero-order valence-electron chi connectivity index (χ0n) is 12.8. The van der Waals surface area contributed by atoms with Gasteiger partial charge in [0.2, 0.25) is 5.91 Å². The predicted octanol–water partition coefficient (Wildman–Crippen LogP) is 3.39. The van der Waals surface area contributed by atoms with Crippen LogP contribution >= 0.6 is 0 Å². The third kappa shape index (κ3) is 2.55. The number of carbonyl (C=O) groups excluding carboxylic acids is 1. The predicted molar refractivity (Wildman–Crippen MR) is 84.1 cm³/mol. The van der Waals surface area contributed by atoms with E-state index in [1.807, 2.05) is 35.8 Å². The fourth-order valence-electron chi connectivity index (χ4n) is 3.36. The van der Waals surface area contributed by atoms with Gasteiger partial charge in [-0.1, -0.05) is 19.1 Å². The molecule has 1 aromatic heterocycles. The van der Waals surface area contributed by atoms with E-state index in [0.717, 1.165) is 36.8 Å². The number of piperidine rings is 1.